The van der Waals surface area contributed by atoms with Crippen molar-refractivity contribution in [2.75, 3.05) is 18.8 Å². The number of hydrogen-bond acceptors (Lipinski definition) is 4. The molecule has 0 aromatic carbocycles. The predicted octanol–water partition coefficient (Wildman–Crippen LogP) is 1.36. The fraction of sp³-hybridized carbons (Fsp3) is 0.917. The van der Waals surface area contributed by atoms with Crippen LogP contribution >= 0.6 is 11.8 Å². The maximum atomic E-state index is 10.9. The molecule has 0 radical (unpaired) electrons. The number of thioether (sulfide) groups is 1. The van der Waals surface area contributed by atoms with Gasteiger partial charge in [0, 0.05) is 30.0 Å². The van der Waals surface area contributed by atoms with Crippen molar-refractivity contribution in [3.63, 3.8) is 0 Å². The summed E-state index contributed by atoms with van der Waals surface area (Å²) in [7, 11) is 0. The van der Waals surface area contributed by atoms with Gasteiger partial charge < -0.3 is 0 Å². The first kappa shape index (κ1) is 14.8. The Bertz CT molecular complexity index is 238. The highest BCUT2D eigenvalue weighted by atomic mass is 32.2. The standard InChI is InChI=1S/C12H25N3OS/c1-10-11(2)17-9-8-15(10)7-5-3-4-6-12(16)14-13/h10-11H,3-9,13H2,1-2H3,(H,14,16). The fourth-order valence-corrected chi connectivity index (χ4v) is 3.32. The summed E-state index contributed by atoms with van der Waals surface area (Å²) < 4.78 is 0. The molecule has 3 N–H and O–H groups in total. The van der Waals surface area contributed by atoms with Crippen LogP contribution in [0.4, 0.5) is 0 Å². The molecule has 1 aliphatic rings. The largest absolute Gasteiger partial charge is 0.299 e. The number of nitrogens with zero attached hydrogens (tertiary/aromatic N) is 1. The van der Waals surface area contributed by atoms with Crippen molar-refractivity contribution >= 4 is 17.7 Å². The van der Waals surface area contributed by atoms with E-state index in [1.807, 2.05) is 0 Å². The molecule has 0 saturated carbocycles. The lowest BCUT2D eigenvalue weighted by Crippen LogP contribution is -2.44. The van der Waals surface area contributed by atoms with Gasteiger partial charge in [0.15, 0.2) is 0 Å². The number of nitrogens with one attached hydrogen (secondary N) is 1. The molecule has 1 amide bonds. The zero-order chi connectivity index (χ0) is 12.7. The van der Waals surface area contributed by atoms with Gasteiger partial charge in [-0.25, -0.2) is 5.84 Å². The number of amides is 1. The third-order valence-electron chi connectivity index (χ3n) is 3.52. The first-order valence-electron chi connectivity index (χ1n) is 6.50. The Morgan fingerprint density at radius 3 is 2.88 bits per heavy atom. The normalized spacial score (nSPS) is 25.8. The summed E-state index contributed by atoms with van der Waals surface area (Å²) in [6, 6.07) is 0.682. The molecule has 0 bridgehead atoms. The summed E-state index contributed by atoms with van der Waals surface area (Å²) in [6.07, 6.45) is 3.78. The third-order valence-corrected chi connectivity index (χ3v) is 4.86. The van der Waals surface area contributed by atoms with Crippen molar-refractivity contribution < 1.29 is 4.79 Å². The minimum absolute atomic E-state index is 0.0543. The average molecular weight is 259 g/mol. The second-order valence-corrected chi connectivity index (χ2v) is 6.22. The zero-order valence-electron chi connectivity index (χ0n) is 10.9. The van der Waals surface area contributed by atoms with E-state index in [-0.39, 0.29) is 5.91 Å². The van der Waals surface area contributed by atoms with E-state index in [9.17, 15) is 4.79 Å². The van der Waals surface area contributed by atoms with Gasteiger partial charge >= 0.3 is 0 Å². The Morgan fingerprint density at radius 1 is 1.41 bits per heavy atom. The molecule has 5 heteroatoms. The van der Waals surface area contributed by atoms with Crippen LogP contribution in [0.25, 0.3) is 0 Å². The van der Waals surface area contributed by atoms with E-state index in [2.05, 4.69) is 35.9 Å². The highest BCUT2D eigenvalue weighted by Crippen LogP contribution is 2.24. The maximum Gasteiger partial charge on any atom is 0.233 e. The van der Waals surface area contributed by atoms with Gasteiger partial charge in [-0.2, -0.15) is 11.8 Å². The number of hydrazine groups is 1. The summed E-state index contributed by atoms with van der Waals surface area (Å²) in [5.41, 5.74) is 2.17. The lowest BCUT2D eigenvalue weighted by molar-refractivity contribution is -0.121. The zero-order valence-corrected chi connectivity index (χ0v) is 11.8. The number of hydrogen-bond donors (Lipinski definition) is 2. The molecule has 2 unspecified atom stereocenters. The van der Waals surface area contributed by atoms with Crippen molar-refractivity contribution in [3.05, 3.63) is 0 Å². The van der Waals surface area contributed by atoms with Gasteiger partial charge in [0.05, 0.1) is 0 Å². The van der Waals surface area contributed by atoms with E-state index in [1.165, 1.54) is 18.7 Å². The number of rotatable bonds is 6. The fourth-order valence-electron chi connectivity index (χ4n) is 2.16. The van der Waals surface area contributed by atoms with E-state index in [1.54, 1.807) is 0 Å². The molecule has 1 fully saturated rings. The molecule has 2 atom stereocenters. The van der Waals surface area contributed by atoms with Crippen LogP contribution in [0.5, 0.6) is 0 Å². The summed E-state index contributed by atoms with van der Waals surface area (Å²) in [6.45, 7) is 7.00. The van der Waals surface area contributed by atoms with Crippen molar-refractivity contribution in [3.8, 4) is 0 Å². The highest BCUT2D eigenvalue weighted by Gasteiger charge is 2.24. The lowest BCUT2D eigenvalue weighted by Gasteiger charge is -2.37. The Morgan fingerprint density at radius 2 is 2.18 bits per heavy atom. The Labute approximate surface area is 109 Å². The maximum absolute atomic E-state index is 10.9. The third kappa shape index (κ3) is 5.27. The SMILES string of the molecule is CC1SCCN(CCCCCC(=O)NN)C1C. The Hall–Kier alpha value is -0.260. The average Bonchev–Trinajstić information content (AvgIpc) is 2.33. The number of unbranched alkanes of at least 4 members (excludes halogenated alkanes) is 2. The Kier molecular flexibility index (Phi) is 6.92. The van der Waals surface area contributed by atoms with E-state index in [4.69, 9.17) is 5.84 Å². The first-order chi connectivity index (χ1) is 8.15. The molecule has 1 rings (SSSR count). The Balaban J connectivity index is 2.07. The number of carbonyl (C=O) groups is 1. The molecule has 0 aliphatic carbocycles. The van der Waals surface area contributed by atoms with E-state index >= 15 is 0 Å². The van der Waals surface area contributed by atoms with Crippen LogP contribution in [0.3, 0.4) is 0 Å². The second kappa shape index (κ2) is 7.95. The summed E-state index contributed by atoms with van der Waals surface area (Å²) in [5, 5.41) is 0.742. The summed E-state index contributed by atoms with van der Waals surface area (Å²) in [4.78, 5) is 13.5. The second-order valence-electron chi connectivity index (χ2n) is 4.73. The van der Waals surface area contributed by atoms with Crippen molar-refractivity contribution in [1.82, 2.24) is 10.3 Å². The van der Waals surface area contributed by atoms with Gasteiger partial charge in [0.2, 0.25) is 5.91 Å². The quantitative estimate of drug-likeness (QED) is 0.327. The van der Waals surface area contributed by atoms with E-state index < -0.39 is 0 Å². The molecule has 0 aromatic rings. The molecule has 1 heterocycles. The van der Waals surface area contributed by atoms with Gasteiger partial charge in [-0.05, 0) is 26.3 Å². The molecule has 1 saturated heterocycles. The highest BCUT2D eigenvalue weighted by molar-refractivity contribution is 8.00. The van der Waals surface area contributed by atoms with E-state index in [0.717, 1.165) is 24.6 Å². The van der Waals surface area contributed by atoms with Crippen LogP contribution in [-0.4, -0.2) is 40.9 Å². The van der Waals surface area contributed by atoms with E-state index in [0.29, 0.717) is 12.5 Å². The van der Waals surface area contributed by atoms with Crippen LogP contribution < -0.4 is 11.3 Å². The van der Waals surface area contributed by atoms with Crippen molar-refractivity contribution in [2.45, 2.75) is 50.8 Å². The van der Waals surface area contributed by atoms with Crippen LogP contribution in [-0.2, 0) is 4.79 Å². The first-order valence-corrected chi connectivity index (χ1v) is 7.55. The molecule has 100 valence electrons. The van der Waals surface area contributed by atoms with Crippen molar-refractivity contribution in [2.24, 2.45) is 5.84 Å². The van der Waals surface area contributed by atoms with Gasteiger partial charge in [-0.3, -0.25) is 15.1 Å². The summed E-state index contributed by atoms with van der Waals surface area (Å²) in [5.74, 6) is 6.22. The molecule has 17 heavy (non-hydrogen) atoms. The molecular formula is C12H25N3OS. The minimum Gasteiger partial charge on any atom is -0.299 e. The topological polar surface area (TPSA) is 58.4 Å². The minimum atomic E-state index is -0.0543. The molecule has 1 aliphatic heterocycles. The monoisotopic (exact) mass is 259 g/mol. The number of carbonyl (C=O) groups excluding carboxylic acids is 1. The van der Waals surface area contributed by atoms with Crippen LogP contribution in [0.1, 0.15) is 39.5 Å². The molecule has 0 spiro atoms. The predicted molar refractivity (Wildman–Crippen MR) is 73.8 cm³/mol. The molecule has 0 aromatic heterocycles. The van der Waals surface area contributed by atoms with Crippen molar-refractivity contribution in [1.29, 1.82) is 0 Å². The number of nitrogens with two attached hydrogens (primary N) is 1. The molecule has 4 nitrogen and oxygen atoms in total. The smallest absolute Gasteiger partial charge is 0.233 e. The lowest BCUT2D eigenvalue weighted by atomic mass is 10.1. The molecular weight excluding hydrogens is 234 g/mol. The van der Waals surface area contributed by atoms with Gasteiger partial charge in [-0.15, -0.1) is 0 Å². The van der Waals surface area contributed by atoms with Gasteiger partial charge in [0.25, 0.3) is 0 Å². The van der Waals surface area contributed by atoms with Crippen LogP contribution in [0.15, 0.2) is 0 Å². The van der Waals surface area contributed by atoms with Gasteiger partial charge in [-0.1, -0.05) is 13.3 Å². The van der Waals surface area contributed by atoms with Crippen LogP contribution in [0.2, 0.25) is 0 Å². The van der Waals surface area contributed by atoms with Gasteiger partial charge in [0.1, 0.15) is 0 Å². The van der Waals surface area contributed by atoms with Crippen LogP contribution in [0, 0.1) is 0 Å². The summed E-state index contributed by atoms with van der Waals surface area (Å²) >= 11 is 2.07.